The van der Waals surface area contributed by atoms with Crippen LogP contribution in [0.2, 0.25) is 0 Å². The van der Waals surface area contributed by atoms with E-state index in [4.69, 9.17) is 4.74 Å². The molecule has 1 fully saturated rings. The highest BCUT2D eigenvalue weighted by atomic mass is 79.9. The van der Waals surface area contributed by atoms with Crippen molar-refractivity contribution in [3.05, 3.63) is 53.0 Å². The maximum Gasteiger partial charge on any atom is 0.319 e. The predicted octanol–water partition coefficient (Wildman–Crippen LogP) is 4.42. The molecular weight excluding hydrogens is 408 g/mol. The number of nitrogens with zero attached hydrogens (tertiary/aromatic N) is 2. The van der Waals surface area contributed by atoms with Gasteiger partial charge in [-0.2, -0.15) is 0 Å². The minimum absolute atomic E-state index is 0.00894. The van der Waals surface area contributed by atoms with Crippen molar-refractivity contribution < 1.29 is 14.3 Å². The summed E-state index contributed by atoms with van der Waals surface area (Å²) in [5.41, 5.74) is 2.17. The van der Waals surface area contributed by atoms with Crippen LogP contribution in [0, 0.1) is 5.92 Å². The summed E-state index contributed by atoms with van der Waals surface area (Å²) in [5.74, 6) is 0.165. The van der Waals surface area contributed by atoms with Gasteiger partial charge in [-0.3, -0.25) is 4.79 Å². The van der Waals surface area contributed by atoms with Crippen LogP contribution in [0.5, 0.6) is 5.75 Å². The van der Waals surface area contributed by atoms with Crippen LogP contribution in [0.3, 0.4) is 0 Å². The molecule has 5 nitrogen and oxygen atoms in total. The SMILES string of the molecule is CN(C)C(=O)N1CCC(C(=O)Oc2ccc(-c3ccc(Br)cc3)cc2)CC1. The van der Waals surface area contributed by atoms with Gasteiger partial charge >= 0.3 is 12.0 Å². The number of carbonyl (C=O) groups is 2. The molecule has 142 valence electrons. The summed E-state index contributed by atoms with van der Waals surface area (Å²) in [6.45, 7) is 1.17. The van der Waals surface area contributed by atoms with Crippen LogP contribution < -0.4 is 4.74 Å². The molecule has 0 saturated carbocycles. The standard InChI is InChI=1S/C21H23BrN2O3/c1-23(2)21(26)24-13-11-17(12-14-24)20(25)27-19-9-5-16(6-10-19)15-3-7-18(22)8-4-15/h3-10,17H,11-14H2,1-2H3. The number of amides is 2. The van der Waals surface area contributed by atoms with E-state index in [2.05, 4.69) is 15.9 Å². The first-order valence-electron chi connectivity index (χ1n) is 8.98. The molecule has 1 aliphatic heterocycles. The molecule has 1 heterocycles. The number of benzene rings is 2. The van der Waals surface area contributed by atoms with E-state index in [0.29, 0.717) is 31.7 Å². The molecule has 0 atom stereocenters. The number of halogens is 1. The number of carbonyl (C=O) groups excluding carboxylic acids is 2. The Morgan fingerprint density at radius 3 is 2.00 bits per heavy atom. The Hall–Kier alpha value is -2.34. The summed E-state index contributed by atoms with van der Waals surface area (Å²) < 4.78 is 6.58. The van der Waals surface area contributed by atoms with Crippen molar-refractivity contribution >= 4 is 27.9 Å². The molecule has 0 spiro atoms. The van der Waals surface area contributed by atoms with Crippen LogP contribution in [0.4, 0.5) is 4.79 Å². The summed E-state index contributed by atoms with van der Waals surface area (Å²) in [6, 6.07) is 15.6. The molecule has 0 radical (unpaired) electrons. The third-order valence-corrected chi connectivity index (χ3v) is 5.26. The molecule has 2 aromatic rings. The summed E-state index contributed by atoms with van der Waals surface area (Å²) in [7, 11) is 3.47. The van der Waals surface area contributed by atoms with Gasteiger partial charge in [0.2, 0.25) is 0 Å². The Balaban J connectivity index is 1.55. The molecule has 2 amide bonds. The van der Waals surface area contributed by atoms with E-state index in [1.807, 2.05) is 48.5 Å². The number of rotatable bonds is 3. The highest BCUT2D eigenvalue weighted by molar-refractivity contribution is 9.10. The van der Waals surface area contributed by atoms with Gasteiger partial charge in [0, 0.05) is 31.7 Å². The van der Waals surface area contributed by atoms with Crippen molar-refractivity contribution in [1.82, 2.24) is 9.80 Å². The van der Waals surface area contributed by atoms with Crippen LogP contribution in [-0.2, 0) is 4.79 Å². The lowest BCUT2D eigenvalue weighted by Crippen LogP contribution is -2.45. The maximum atomic E-state index is 12.4. The van der Waals surface area contributed by atoms with Gasteiger partial charge in [0.25, 0.3) is 0 Å². The first kappa shape index (κ1) is 19.4. The van der Waals surface area contributed by atoms with Gasteiger partial charge < -0.3 is 14.5 Å². The number of hydrogen-bond donors (Lipinski definition) is 0. The Bertz CT molecular complexity index is 795. The second kappa shape index (κ2) is 8.57. The molecule has 0 aromatic heterocycles. The molecule has 3 rings (SSSR count). The quantitative estimate of drug-likeness (QED) is 0.534. The van der Waals surface area contributed by atoms with E-state index in [1.165, 1.54) is 0 Å². The normalized spacial score (nSPS) is 14.7. The summed E-state index contributed by atoms with van der Waals surface area (Å²) in [5, 5.41) is 0. The lowest BCUT2D eigenvalue weighted by atomic mass is 9.97. The van der Waals surface area contributed by atoms with E-state index >= 15 is 0 Å². The minimum Gasteiger partial charge on any atom is -0.426 e. The first-order chi connectivity index (χ1) is 12.9. The Kier molecular flexibility index (Phi) is 6.16. The van der Waals surface area contributed by atoms with Crippen LogP contribution in [0.1, 0.15) is 12.8 Å². The van der Waals surface area contributed by atoms with Crippen molar-refractivity contribution in [3.8, 4) is 16.9 Å². The van der Waals surface area contributed by atoms with Crippen LogP contribution in [-0.4, -0.2) is 49.0 Å². The van der Waals surface area contributed by atoms with Crippen molar-refractivity contribution in [1.29, 1.82) is 0 Å². The highest BCUT2D eigenvalue weighted by Gasteiger charge is 2.29. The van der Waals surface area contributed by atoms with Crippen molar-refractivity contribution in [3.63, 3.8) is 0 Å². The van der Waals surface area contributed by atoms with E-state index in [1.54, 1.807) is 23.9 Å². The molecule has 27 heavy (non-hydrogen) atoms. The molecule has 0 bridgehead atoms. The largest absolute Gasteiger partial charge is 0.426 e. The average Bonchev–Trinajstić information content (AvgIpc) is 2.68. The number of likely N-dealkylation sites (tertiary alicyclic amines) is 1. The molecule has 0 aliphatic carbocycles. The van der Waals surface area contributed by atoms with Gasteiger partial charge in [0.15, 0.2) is 0 Å². The fraction of sp³-hybridized carbons (Fsp3) is 0.333. The average molecular weight is 431 g/mol. The molecule has 0 unspecified atom stereocenters. The van der Waals surface area contributed by atoms with Crippen LogP contribution in [0.15, 0.2) is 53.0 Å². The van der Waals surface area contributed by atoms with Gasteiger partial charge in [0.05, 0.1) is 5.92 Å². The predicted molar refractivity (Wildman–Crippen MR) is 109 cm³/mol. The number of piperidine rings is 1. The number of ether oxygens (including phenoxy) is 1. The summed E-state index contributed by atoms with van der Waals surface area (Å²) in [6.07, 6.45) is 1.27. The zero-order valence-electron chi connectivity index (χ0n) is 15.5. The number of esters is 1. The maximum absolute atomic E-state index is 12.4. The van der Waals surface area contributed by atoms with Gasteiger partial charge in [-0.05, 0) is 48.2 Å². The number of hydrogen-bond acceptors (Lipinski definition) is 3. The fourth-order valence-electron chi connectivity index (χ4n) is 3.15. The van der Waals surface area contributed by atoms with Gasteiger partial charge in [-0.25, -0.2) is 4.79 Å². The van der Waals surface area contributed by atoms with Gasteiger partial charge in [-0.15, -0.1) is 0 Å². The smallest absolute Gasteiger partial charge is 0.319 e. The molecule has 0 N–H and O–H groups in total. The second-order valence-corrected chi connectivity index (χ2v) is 7.81. The third-order valence-electron chi connectivity index (χ3n) is 4.73. The third kappa shape index (κ3) is 4.89. The van der Waals surface area contributed by atoms with E-state index in [-0.39, 0.29) is 17.9 Å². The van der Waals surface area contributed by atoms with Crippen molar-refractivity contribution in [2.24, 2.45) is 5.92 Å². The molecular formula is C21H23BrN2O3. The fourth-order valence-corrected chi connectivity index (χ4v) is 3.41. The zero-order valence-corrected chi connectivity index (χ0v) is 17.1. The topological polar surface area (TPSA) is 49.9 Å². The molecule has 1 saturated heterocycles. The molecule has 1 aliphatic rings. The summed E-state index contributed by atoms with van der Waals surface area (Å²) in [4.78, 5) is 27.7. The zero-order chi connectivity index (χ0) is 19.4. The Morgan fingerprint density at radius 2 is 1.48 bits per heavy atom. The van der Waals surface area contributed by atoms with Crippen molar-refractivity contribution in [2.75, 3.05) is 27.2 Å². The minimum atomic E-state index is -0.219. The Labute approximate surface area is 168 Å². The van der Waals surface area contributed by atoms with E-state index in [0.717, 1.165) is 15.6 Å². The number of urea groups is 1. The van der Waals surface area contributed by atoms with Crippen LogP contribution in [0.25, 0.3) is 11.1 Å². The lowest BCUT2D eigenvalue weighted by molar-refractivity contribution is -0.140. The van der Waals surface area contributed by atoms with Crippen molar-refractivity contribution in [2.45, 2.75) is 12.8 Å². The van der Waals surface area contributed by atoms with E-state index in [9.17, 15) is 9.59 Å². The lowest BCUT2D eigenvalue weighted by Gasteiger charge is -2.32. The summed E-state index contributed by atoms with van der Waals surface area (Å²) >= 11 is 3.43. The molecule has 6 heteroatoms. The highest BCUT2D eigenvalue weighted by Crippen LogP contribution is 2.25. The first-order valence-corrected chi connectivity index (χ1v) is 9.77. The Morgan fingerprint density at radius 1 is 0.963 bits per heavy atom. The van der Waals surface area contributed by atoms with Crippen LogP contribution >= 0.6 is 15.9 Å². The van der Waals surface area contributed by atoms with Gasteiger partial charge in [0.1, 0.15) is 5.75 Å². The van der Waals surface area contributed by atoms with E-state index < -0.39 is 0 Å². The second-order valence-electron chi connectivity index (χ2n) is 6.89. The monoisotopic (exact) mass is 430 g/mol. The molecule has 2 aromatic carbocycles. The van der Waals surface area contributed by atoms with Gasteiger partial charge in [-0.1, -0.05) is 40.2 Å².